The molecule has 5 heteroatoms. The SMILES string of the molecule is COC(=O)CCCCCNc1cccc(OC)n1. The van der Waals surface area contributed by atoms with E-state index in [2.05, 4.69) is 15.0 Å². The number of rotatable bonds is 8. The predicted molar refractivity (Wildman–Crippen MR) is 69.8 cm³/mol. The van der Waals surface area contributed by atoms with Crippen LogP contribution >= 0.6 is 0 Å². The number of pyridine rings is 1. The highest BCUT2D eigenvalue weighted by Crippen LogP contribution is 2.10. The van der Waals surface area contributed by atoms with Crippen LogP contribution in [0.25, 0.3) is 0 Å². The molecule has 1 aromatic rings. The summed E-state index contributed by atoms with van der Waals surface area (Å²) in [5, 5.41) is 3.21. The molecule has 18 heavy (non-hydrogen) atoms. The zero-order valence-corrected chi connectivity index (χ0v) is 10.9. The highest BCUT2D eigenvalue weighted by molar-refractivity contribution is 5.68. The molecule has 0 aliphatic rings. The van der Waals surface area contributed by atoms with Gasteiger partial charge >= 0.3 is 5.97 Å². The maximum Gasteiger partial charge on any atom is 0.305 e. The Labute approximate surface area is 108 Å². The van der Waals surface area contributed by atoms with Gasteiger partial charge in [-0.05, 0) is 18.9 Å². The number of anilines is 1. The Hall–Kier alpha value is -1.78. The van der Waals surface area contributed by atoms with Crippen molar-refractivity contribution in [1.82, 2.24) is 4.98 Å². The van der Waals surface area contributed by atoms with E-state index in [1.807, 2.05) is 18.2 Å². The van der Waals surface area contributed by atoms with Crippen LogP contribution in [-0.4, -0.2) is 31.7 Å². The second kappa shape index (κ2) is 8.33. The van der Waals surface area contributed by atoms with Gasteiger partial charge in [-0.2, -0.15) is 4.98 Å². The van der Waals surface area contributed by atoms with Crippen LogP contribution < -0.4 is 10.1 Å². The molecule has 1 N–H and O–H groups in total. The zero-order chi connectivity index (χ0) is 13.2. The van der Waals surface area contributed by atoms with Gasteiger partial charge in [-0.25, -0.2) is 0 Å². The minimum absolute atomic E-state index is 0.141. The summed E-state index contributed by atoms with van der Waals surface area (Å²) in [7, 11) is 3.01. The Morgan fingerprint density at radius 3 is 2.83 bits per heavy atom. The number of hydrogen-bond acceptors (Lipinski definition) is 5. The standard InChI is InChI=1S/C13H20N2O3/c1-17-12-8-6-7-11(15-12)14-10-5-3-4-9-13(16)18-2/h6-8H,3-5,9-10H2,1-2H3,(H,14,15). The fourth-order valence-electron chi connectivity index (χ4n) is 1.52. The van der Waals surface area contributed by atoms with Crippen molar-refractivity contribution in [1.29, 1.82) is 0 Å². The van der Waals surface area contributed by atoms with Gasteiger partial charge in [0.1, 0.15) is 5.82 Å². The van der Waals surface area contributed by atoms with Crippen LogP contribution in [0, 0.1) is 0 Å². The molecule has 0 amide bonds. The maximum absolute atomic E-state index is 10.9. The molecule has 0 saturated heterocycles. The van der Waals surface area contributed by atoms with Crippen molar-refractivity contribution in [3.8, 4) is 5.88 Å². The van der Waals surface area contributed by atoms with Gasteiger partial charge < -0.3 is 14.8 Å². The number of esters is 1. The average molecular weight is 252 g/mol. The van der Waals surface area contributed by atoms with Gasteiger partial charge in [0.2, 0.25) is 5.88 Å². The second-order valence-corrected chi connectivity index (χ2v) is 3.88. The van der Waals surface area contributed by atoms with Crippen LogP contribution in [0.1, 0.15) is 25.7 Å². The molecule has 0 radical (unpaired) electrons. The number of methoxy groups -OCH3 is 2. The number of carbonyl (C=O) groups excluding carboxylic acids is 1. The number of nitrogens with one attached hydrogen (secondary N) is 1. The third-order valence-corrected chi connectivity index (χ3v) is 2.52. The molecule has 0 bridgehead atoms. The van der Waals surface area contributed by atoms with Crippen molar-refractivity contribution in [2.75, 3.05) is 26.1 Å². The van der Waals surface area contributed by atoms with Crippen LogP contribution in [0.2, 0.25) is 0 Å². The second-order valence-electron chi connectivity index (χ2n) is 3.88. The summed E-state index contributed by atoms with van der Waals surface area (Å²) in [5.41, 5.74) is 0. The van der Waals surface area contributed by atoms with Gasteiger partial charge in [-0.1, -0.05) is 12.5 Å². The van der Waals surface area contributed by atoms with Crippen LogP contribution in [0.3, 0.4) is 0 Å². The van der Waals surface area contributed by atoms with Gasteiger partial charge in [0.05, 0.1) is 14.2 Å². The molecule has 1 heterocycles. The van der Waals surface area contributed by atoms with Crippen LogP contribution in [0.5, 0.6) is 5.88 Å². The molecule has 1 rings (SSSR count). The van der Waals surface area contributed by atoms with E-state index < -0.39 is 0 Å². The number of unbranched alkanes of at least 4 members (excludes halogenated alkanes) is 2. The van der Waals surface area contributed by atoms with Crippen molar-refractivity contribution in [3.05, 3.63) is 18.2 Å². The summed E-state index contributed by atoms with van der Waals surface area (Å²) in [5.74, 6) is 1.27. The van der Waals surface area contributed by atoms with Crippen LogP contribution in [0.4, 0.5) is 5.82 Å². The summed E-state index contributed by atoms with van der Waals surface area (Å²) in [6.07, 6.45) is 3.34. The molecule has 0 fully saturated rings. The molecule has 0 saturated carbocycles. The van der Waals surface area contributed by atoms with E-state index in [4.69, 9.17) is 4.74 Å². The van der Waals surface area contributed by atoms with Gasteiger partial charge in [0, 0.05) is 19.0 Å². The summed E-state index contributed by atoms with van der Waals surface area (Å²) in [6, 6.07) is 5.60. The van der Waals surface area contributed by atoms with E-state index in [1.165, 1.54) is 7.11 Å². The Kier molecular flexibility index (Phi) is 6.61. The zero-order valence-electron chi connectivity index (χ0n) is 10.9. The number of hydrogen-bond donors (Lipinski definition) is 1. The van der Waals surface area contributed by atoms with Gasteiger partial charge in [-0.3, -0.25) is 4.79 Å². The van der Waals surface area contributed by atoms with E-state index in [1.54, 1.807) is 7.11 Å². The highest BCUT2D eigenvalue weighted by atomic mass is 16.5. The minimum Gasteiger partial charge on any atom is -0.481 e. The van der Waals surface area contributed by atoms with Gasteiger partial charge in [0.25, 0.3) is 0 Å². The van der Waals surface area contributed by atoms with E-state index in [-0.39, 0.29) is 5.97 Å². The lowest BCUT2D eigenvalue weighted by Crippen LogP contribution is -2.04. The van der Waals surface area contributed by atoms with Crippen molar-refractivity contribution < 1.29 is 14.3 Å². The van der Waals surface area contributed by atoms with Crippen molar-refractivity contribution in [3.63, 3.8) is 0 Å². The molecule has 0 unspecified atom stereocenters. The van der Waals surface area contributed by atoms with Gasteiger partial charge in [-0.15, -0.1) is 0 Å². The molecule has 0 atom stereocenters. The lowest BCUT2D eigenvalue weighted by atomic mass is 10.2. The van der Waals surface area contributed by atoms with Crippen LogP contribution in [-0.2, 0) is 9.53 Å². The topological polar surface area (TPSA) is 60.5 Å². The fourth-order valence-corrected chi connectivity index (χ4v) is 1.52. The molecular formula is C13H20N2O3. The molecule has 0 spiro atoms. The van der Waals surface area contributed by atoms with Crippen LogP contribution in [0.15, 0.2) is 18.2 Å². The molecule has 100 valence electrons. The summed E-state index contributed by atoms with van der Waals surface area (Å²) >= 11 is 0. The monoisotopic (exact) mass is 252 g/mol. The Morgan fingerprint density at radius 2 is 2.11 bits per heavy atom. The van der Waals surface area contributed by atoms with Crippen molar-refractivity contribution >= 4 is 11.8 Å². The largest absolute Gasteiger partial charge is 0.481 e. The first-order valence-corrected chi connectivity index (χ1v) is 6.08. The van der Waals surface area contributed by atoms with Crippen molar-refractivity contribution in [2.24, 2.45) is 0 Å². The lowest BCUT2D eigenvalue weighted by molar-refractivity contribution is -0.140. The predicted octanol–water partition coefficient (Wildman–Crippen LogP) is 2.24. The number of aromatic nitrogens is 1. The van der Waals surface area contributed by atoms with E-state index >= 15 is 0 Å². The molecular weight excluding hydrogens is 232 g/mol. The average Bonchev–Trinajstić information content (AvgIpc) is 2.42. The number of ether oxygens (including phenoxy) is 2. The van der Waals surface area contributed by atoms with Crippen molar-refractivity contribution in [2.45, 2.75) is 25.7 Å². The molecule has 1 aromatic heterocycles. The summed E-state index contributed by atoms with van der Waals surface area (Å²) in [4.78, 5) is 15.1. The van der Waals surface area contributed by atoms with Gasteiger partial charge in [0.15, 0.2) is 0 Å². The van der Waals surface area contributed by atoms with E-state index in [0.29, 0.717) is 12.3 Å². The first-order valence-electron chi connectivity index (χ1n) is 6.08. The van der Waals surface area contributed by atoms with E-state index in [0.717, 1.165) is 31.6 Å². The normalized spacial score (nSPS) is 9.89. The lowest BCUT2D eigenvalue weighted by Gasteiger charge is -2.06. The third-order valence-electron chi connectivity index (χ3n) is 2.52. The quantitative estimate of drug-likeness (QED) is 0.568. The minimum atomic E-state index is -0.141. The Bertz CT molecular complexity index is 369. The Morgan fingerprint density at radius 1 is 1.28 bits per heavy atom. The molecule has 5 nitrogen and oxygen atoms in total. The Balaban J connectivity index is 2.12. The summed E-state index contributed by atoms with van der Waals surface area (Å²) in [6.45, 7) is 0.835. The molecule has 0 aliphatic heterocycles. The third kappa shape index (κ3) is 5.52. The first-order chi connectivity index (χ1) is 8.76. The smallest absolute Gasteiger partial charge is 0.305 e. The van der Waals surface area contributed by atoms with E-state index in [9.17, 15) is 4.79 Å². The first kappa shape index (κ1) is 14.3. The molecule has 0 aromatic carbocycles. The highest BCUT2D eigenvalue weighted by Gasteiger charge is 1.99. The number of carbonyl (C=O) groups is 1. The fraction of sp³-hybridized carbons (Fsp3) is 0.538. The number of nitrogens with zero attached hydrogens (tertiary/aromatic N) is 1. The molecule has 0 aliphatic carbocycles. The summed E-state index contributed by atoms with van der Waals surface area (Å²) < 4.78 is 9.61. The maximum atomic E-state index is 10.9.